The molecule has 23 heavy (non-hydrogen) atoms. The van der Waals surface area contributed by atoms with Crippen LogP contribution in [0.1, 0.15) is 36.4 Å². The molecule has 2 aromatic carbocycles. The van der Waals surface area contributed by atoms with Crippen LogP contribution in [-0.2, 0) is 4.79 Å². The largest absolute Gasteiger partial charge is 0.305 e. The first-order valence-electron chi connectivity index (χ1n) is 7.97. The predicted octanol–water partition coefficient (Wildman–Crippen LogP) is 5.22. The maximum absolute atomic E-state index is 12.5. The molecule has 1 heterocycles. The fourth-order valence-corrected chi connectivity index (χ4v) is 4.53. The highest BCUT2D eigenvalue weighted by Gasteiger charge is 2.43. The summed E-state index contributed by atoms with van der Waals surface area (Å²) >= 11 is 3.57. The Bertz CT molecular complexity index is 798. The lowest BCUT2D eigenvalue weighted by molar-refractivity contribution is -0.117. The third-order valence-electron chi connectivity index (χ3n) is 4.98. The molecule has 0 bridgehead atoms. The second kappa shape index (κ2) is 5.64. The van der Waals surface area contributed by atoms with Crippen molar-refractivity contribution in [1.29, 1.82) is 0 Å². The number of carbonyl (C=O) groups excluding carboxylic acids is 1. The van der Waals surface area contributed by atoms with Gasteiger partial charge in [-0.05, 0) is 41.7 Å². The summed E-state index contributed by atoms with van der Waals surface area (Å²) in [5, 5.41) is 0. The van der Waals surface area contributed by atoms with Crippen molar-refractivity contribution < 1.29 is 4.79 Å². The van der Waals surface area contributed by atoms with Crippen molar-refractivity contribution in [3.63, 3.8) is 0 Å². The molecular weight excluding hydrogens is 350 g/mol. The SMILES string of the molecule is CC(=O)N1c2ccccc2[C@H]2C=CC[C@H]2[C@H]1c1cccc(Br)c1. The summed E-state index contributed by atoms with van der Waals surface area (Å²) in [6.45, 7) is 1.67. The van der Waals surface area contributed by atoms with Gasteiger partial charge in [-0.2, -0.15) is 0 Å². The van der Waals surface area contributed by atoms with E-state index in [9.17, 15) is 4.79 Å². The first-order chi connectivity index (χ1) is 11.2. The van der Waals surface area contributed by atoms with E-state index in [1.165, 1.54) is 11.1 Å². The van der Waals surface area contributed by atoms with Gasteiger partial charge in [0.15, 0.2) is 0 Å². The minimum atomic E-state index is 0.0832. The Kier molecular flexibility index (Phi) is 3.61. The van der Waals surface area contributed by atoms with Crippen LogP contribution in [-0.4, -0.2) is 5.91 Å². The lowest BCUT2D eigenvalue weighted by Gasteiger charge is -2.44. The van der Waals surface area contributed by atoms with Gasteiger partial charge >= 0.3 is 0 Å². The number of anilines is 1. The minimum Gasteiger partial charge on any atom is -0.305 e. The monoisotopic (exact) mass is 367 g/mol. The van der Waals surface area contributed by atoms with E-state index in [1.54, 1.807) is 6.92 Å². The minimum absolute atomic E-state index is 0.0832. The fraction of sp³-hybridized carbons (Fsp3) is 0.250. The van der Waals surface area contributed by atoms with Gasteiger partial charge in [0.05, 0.1) is 6.04 Å². The van der Waals surface area contributed by atoms with E-state index in [2.05, 4.69) is 64.5 Å². The molecule has 0 saturated heterocycles. The van der Waals surface area contributed by atoms with Gasteiger partial charge in [-0.25, -0.2) is 0 Å². The second-order valence-electron chi connectivity index (χ2n) is 6.30. The number of amides is 1. The van der Waals surface area contributed by atoms with Gasteiger partial charge in [-0.1, -0.05) is 58.4 Å². The number of rotatable bonds is 1. The van der Waals surface area contributed by atoms with E-state index in [0.29, 0.717) is 11.8 Å². The van der Waals surface area contributed by atoms with Crippen LogP contribution in [0.15, 0.2) is 65.2 Å². The fourth-order valence-electron chi connectivity index (χ4n) is 4.11. The average Bonchev–Trinajstić information content (AvgIpc) is 3.02. The molecule has 3 heteroatoms. The van der Waals surface area contributed by atoms with Crippen molar-refractivity contribution in [2.45, 2.75) is 25.3 Å². The average molecular weight is 368 g/mol. The zero-order valence-electron chi connectivity index (χ0n) is 12.9. The van der Waals surface area contributed by atoms with Gasteiger partial charge in [0, 0.05) is 23.0 Å². The lowest BCUT2D eigenvalue weighted by atomic mass is 9.75. The molecule has 116 valence electrons. The molecule has 4 rings (SSSR count). The van der Waals surface area contributed by atoms with Crippen LogP contribution in [0.4, 0.5) is 5.69 Å². The quantitative estimate of drug-likeness (QED) is 0.633. The van der Waals surface area contributed by atoms with Crippen molar-refractivity contribution in [2.75, 3.05) is 4.90 Å². The summed E-state index contributed by atoms with van der Waals surface area (Å²) in [6, 6.07) is 16.8. The van der Waals surface area contributed by atoms with Crippen LogP contribution in [0.2, 0.25) is 0 Å². The maximum atomic E-state index is 12.5. The first kappa shape index (κ1) is 14.7. The standard InChI is InChI=1S/C20H18BrNO/c1-13(23)22-19-11-3-2-8-17(19)16-9-5-10-18(16)20(22)14-6-4-7-15(21)12-14/h2-9,11-12,16,18,20H,10H2,1H3/t16-,18-,20-/m1/s1. The third kappa shape index (κ3) is 2.34. The number of hydrogen-bond acceptors (Lipinski definition) is 1. The van der Waals surface area contributed by atoms with Crippen molar-refractivity contribution in [2.24, 2.45) is 5.92 Å². The molecule has 2 aromatic rings. The van der Waals surface area contributed by atoms with Crippen molar-refractivity contribution in [1.82, 2.24) is 0 Å². The summed E-state index contributed by atoms with van der Waals surface area (Å²) in [5.41, 5.74) is 3.52. The Hall–Kier alpha value is -1.87. The molecule has 2 nitrogen and oxygen atoms in total. The Morgan fingerprint density at radius 1 is 1.17 bits per heavy atom. The van der Waals surface area contributed by atoms with Crippen LogP contribution in [0, 0.1) is 5.92 Å². The van der Waals surface area contributed by atoms with Crippen molar-refractivity contribution in [3.8, 4) is 0 Å². The van der Waals surface area contributed by atoms with E-state index >= 15 is 0 Å². The molecule has 0 aromatic heterocycles. The van der Waals surface area contributed by atoms with E-state index in [1.807, 2.05) is 17.0 Å². The van der Waals surface area contributed by atoms with Gasteiger partial charge in [0.2, 0.25) is 5.91 Å². The highest BCUT2D eigenvalue weighted by molar-refractivity contribution is 9.10. The van der Waals surface area contributed by atoms with Gasteiger partial charge in [0.25, 0.3) is 0 Å². The van der Waals surface area contributed by atoms with Crippen LogP contribution in [0.5, 0.6) is 0 Å². The number of halogens is 1. The van der Waals surface area contributed by atoms with Gasteiger partial charge < -0.3 is 4.90 Å². The van der Waals surface area contributed by atoms with Crippen molar-refractivity contribution >= 4 is 27.5 Å². The number of fused-ring (bicyclic) bond motifs is 3. The van der Waals surface area contributed by atoms with Crippen LogP contribution in [0.3, 0.4) is 0 Å². The molecule has 0 radical (unpaired) electrons. The summed E-state index contributed by atoms with van der Waals surface area (Å²) in [5.74, 6) is 0.904. The van der Waals surface area contributed by atoms with Crippen LogP contribution in [0.25, 0.3) is 0 Å². The van der Waals surface area contributed by atoms with Crippen LogP contribution < -0.4 is 4.90 Å². The number of hydrogen-bond donors (Lipinski definition) is 0. The zero-order valence-corrected chi connectivity index (χ0v) is 14.5. The van der Waals surface area contributed by atoms with E-state index in [4.69, 9.17) is 0 Å². The molecule has 0 fully saturated rings. The molecule has 0 unspecified atom stereocenters. The van der Waals surface area contributed by atoms with Crippen LogP contribution >= 0.6 is 15.9 Å². The molecule has 3 atom stereocenters. The van der Waals surface area contributed by atoms with E-state index in [-0.39, 0.29) is 11.9 Å². The zero-order chi connectivity index (χ0) is 16.0. The Balaban J connectivity index is 1.92. The molecule has 0 saturated carbocycles. The maximum Gasteiger partial charge on any atom is 0.224 e. The molecule has 1 aliphatic heterocycles. The number of nitrogens with zero attached hydrogens (tertiary/aromatic N) is 1. The Morgan fingerprint density at radius 2 is 2.00 bits per heavy atom. The smallest absolute Gasteiger partial charge is 0.224 e. The topological polar surface area (TPSA) is 20.3 Å². The summed E-state index contributed by atoms with van der Waals surface area (Å²) in [6.07, 6.45) is 5.59. The van der Waals surface area contributed by atoms with Gasteiger partial charge in [0.1, 0.15) is 0 Å². The molecule has 2 aliphatic rings. The predicted molar refractivity (Wildman–Crippen MR) is 96.5 cm³/mol. The Morgan fingerprint density at radius 3 is 2.78 bits per heavy atom. The lowest BCUT2D eigenvalue weighted by Crippen LogP contribution is -2.42. The summed E-state index contributed by atoms with van der Waals surface area (Å²) in [7, 11) is 0. The Labute approximate surface area is 144 Å². The van der Waals surface area contributed by atoms with Gasteiger partial charge in [-0.15, -0.1) is 0 Å². The van der Waals surface area contributed by atoms with E-state index in [0.717, 1.165) is 16.6 Å². The highest BCUT2D eigenvalue weighted by Crippen LogP contribution is 2.53. The second-order valence-corrected chi connectivity index (χ2v) is 7.22. The number of benzene rings is 2. The first-order valence-corrected chi connectivity index (χ1v) is 8.77. The summed E-state index contributed by atoms with van der Waals surface area (Å²) in [4.78, 5) is 14.5. The molecule has 0 N–H and O–H groups in total. The summed E-state index contributed by atoms with van der Waals surface area (Å²) < 4.78 is 1.06. The van der Waals surface area contributed by atoms with Gasteiger partial charge in [-0.3, -0.25) is 4.79 Å². The third-order valence-corrected chi connectivity index (χ3v) is 5.47. The molecule has 0 spiro atoms. The van der Waals surface area contributed by atoms with Crippen molar-refractivity contribution in [3.05, 3.63) is 76.3 Å². The molecule has 1 amide bonds. The highest BCUT2D eigenvalue weighted by atomic mass is 79.9. The number of para-hydroxylation sites is 1. The number of allylic oxidation sites excluding steroid dienone is 2. The van der Waals surface area contributed by atoms with E-state index < -0.39 is 0 Å². The molecular formula is C20H18BrNO. The molecule has 1 aliphatic carbocycles. The normalized spacial score (nSPS) is 25.1. The number of carbonyl (C=O) groups is 1.